The molecule has 1 aliphatic rings. The van der Waals surface area contributed by atoms with Crippen LogP contribution in [0.4, 0.5) is 23.2 Å². The number of benzene rings is 1. The van der Waals surface area contributed by atoms with Gasteiger partial charge in [0.05, 0.1) is 23.5 Å². The van der Waals surface area contributed by atoms with Crippen molar-refractivity contribution < 1.29 is 27.1 Å². The summed E-state index contributed by atoms with van der Waals surface area (Å²) >= 11 is 5.72. The molecule has 1 aromatic heterocycles. The number of rotatable bonds is 4. The highest BCUT2D eigenvalue weighted by molar-refractivity contribution is 6.32. The van der Waals surface area contributed by atoms with Crippen LogP contribution in [0.3, 0.4) is 0 Å². The first-order chi connectivity index (χ1) is 15.6. The fourth-order valence-electron chi connectivity index (χ4n) is 3.19. The highest BCUT2D eigenvalue weighted by Gasteiger charge is 2.38. The quantitative estimate of drug-likeness (QED) is 0.533. The lowest BCUT2D eigenvalue weighted by Gasteiger charge is -2.36. The number of halogens is 5. The van der Waals surface area contributed by atoms with E-state index in [2.05, 4.69) is 5.10 Å². The Kier molecular flexibility index (Phi) is 11.0. The third-order valence-corrected chi connectivity index (χ3v) is 5.25. The summed E-state index contributed by atoms with van der Waals surface area (Å²) < 4.78 is 58.6. The Morgan fingerprint density at radius 3 is 2.18 bits per heavy atom. The van der Waals surface area contributed by atoms with Crippen LogP contribution in [-0.2, 0) is 17.5 Å². The average Bonchev–Trinajstić information content (AvgIpc) is 3.10. The number of carbonyl (C=O) groups is 1. The Hall–Kier alpha value is -2.49. The number of anilines is 1. The predicted octanol–water partition coefficient (Wildman–Crippen LogP) is 5.41. The Morgan fingerprint density at radius 2 is 1.70 bits per heavy atom. The summed E-state index contributed by atoms with van der Waals surface area (Å²) in [5, 5.41) is 2.95. The second-order valence-corrected chi connectivity index (χ2v) is 6.97. The number of aromatic nitrogens is 2. The highest BCUT2D eigenvalue weighted by atomic mass is 35.5. The van der Waals surface area contributed by atoms with Gasteiger partial charge in [-0.15, -0.1) is 0 Å². The van der Waals surface area contributed by atoms with Crippen LogP contribution >= 0.6 is 11.6 Å². The van der Waals surface area contributed by atoms with Gasteiger partial charge in [-0.25, -0.2) is 4.39 Å². The largest absolute Gasteiger partial charge is 0.495 e. The number of carbonyl (C=O) groups excluding carboxylic acids is 1. The number of nitrogens with zero attached hydrogens (tertiary/aromatic N) is 4. The van der Waals surface area contributed by atoms with Gasteiger partial charge in [0.1, 0.15) is 18.1 Å². The van der Waals surface area contributed by atoms with Crippen molar-refractivity contribution in [3.8, 4) is 5.75 Å². The molecule has 0 unspecified atom stereocenters. The molecular weight excluding hydrogens is 464 g/mol. The van der Waals surface area contributed by atoms with Gasteiger partial charge < -0.3 is 14.5 Å². The molecular formula is C22H31ClF4N4O2. The zero-order valence-corrected chi connectivity index (χ0v) is 20.5. The minimum absolute atomic E-state index is 0.0791. The second-order valence-electron chi connectivity index (χ2n) is 6.59. The normalized spacial score (nSPS) is 13.5. The molecule has 0 N–H and O–H groups in total. The molecule has 0 spiro atoms. The lowest BCUT2D eigenvalue weighted by Crippen LogP contribution is -2.49. The minimum atomic E-state index is -4.69. The highest BCUT2D eigenvalue weighted by Crippen LogP contribution is 2.35. The predicted molar refractivity (Wildman–Crippen MR) is 121 cm³/mol. The van der Waals surface area contributed by atoms with Gasteiger partial charge in [0.25, 0.3) is 0 Å². The van der Waals surface area contributed by atoms with Gasteiger partial charge >= 0.3 is 6.18 Å². The third-order valence-electron chi connectivity index (χ3n) is 4.80. The van der Waals surface area contributed by atoms with Crippen LogP contribution in [-0.4, -0.2) is 53.9 Å². The molecule has 0 saturated carbocycles. The number of alkyl halides is 3. The van der Waals surface area contributed by atoms with Crippen LogP contribution in [0.5, 0.6) is 5.75 Å². The summed E-state index contributed by atoms with van der Waals surface area (Å²) in [7, 11) is 1.49. The van der Waals surface area contributed by atoms with Gasteiger partial charge in [-0.2, -0.15) is 18.3 Å². The van der Waals surface area contributed by atoms with Gasteiger partial charge in [0.15, 0.2) is 5.69 Å². The maximum Gasteiger partial charge on any atom is 0.436 e. The molecule has 6 nitrogen and oxygen atoms in total. The smallest absolute Gasteiger partial charge is 0.436 e. The van der Waals surface area contributed by atoms with Crippen LogP contribution < -0.4 is 9.64 Å². The summed E-state index contributed by atoms with van der Waals surface area (Å²) in [4.78, 5) is 16.0. The molecule has 2 heterocycles. The summed E-state index contributed by atoms with van der Waals surface area (Å²) in [6, 6.07) is 4.20. The van der Waals surface area contributed by atoms with Crippen molar-refractivity contribution in [1.29, 1.82) is 0 Å². The summed E-state index contributed by atoms with van der Waals surface area (Å²) in [6.45, 7) is 10.6. The summed E-state index contributed by atoms with van der Waals surface area (Å²) in [5.74, 6) is -0.245. The molecule has 0 bridgehead atoms. The number of hydrogen-bond donors (Lipinski definition) is 0. The van der Waals surface area contributed by atoms with E-state index in [4.69, 9.17) is 16.3 Å². The van der Waals surface area contributed by atoms with Gasteiger partial charge in [-0.1, -0.05) is 39.3 Å². The first-order valence-electron chi connectivity index (χ1n) is 10.8. The van der Waals surface area contributed by atoms with Crippen molar-refractivity contribution >= 4 is 23.2 Å². The monoisotopic (exact) mass is 494 g/mol. The maximum absolute atomic E-state index is 13.6. The molecule has 2 aromatic rings. The Morgan fingerprint density at radius 1 is 1.12 bits per heavy atom. The molecule has 1 saturated heterocycles. The molecule has 3 rings (SSSR count). The first-order valence-corrected chi connectivity index (χ1v) is 11.2. The number of ether oxygens (including phenoxy) is 1. The molecule has 0 aliphatic carbocycles. The van der Waals surface area contributed by atoms with Gasteiger partial charge in [0, 0.05) is 32.2 Å². The zero-order chi connectivity index (χ0) is 25.3. The van der Waals surface area contributed by atoms with Gasteiger partial charge in [-0.05, 0) is 19.1 Å². The number of amides is 1. The number of piperazine rings is 1. The Labute approximate surface area is 197 Å². The lowest BCUT2D eigenvalue weighted by atomic mass is 10.2. The fourth-order valence-corrected chi connectivity index (χ4v) is 3.44. The zero-order valence-electron chi connectivity index (χ0n) is 19.8. The van der Waals surface area contributed by atoms with Crippen LogP contribution in [0.2, 0.25) is 5.02 Å². The SMILES string of the molecule is CC.CC.COc1ccc(F)cc1N1CCN(C(=O)Cn2nc(C(F)(F)F)c(Cl)c2C)CC1. The number of methoxy groups -OCH3 is 1. The van der Waals surface area contributed by atoms with Gasteiger partial charge in [-0.3, -0.25) is 9.48 Å². The van der Waals surface area contributed by atoms with E-state index in [0.29, 0.717) is 37.6 Å². The van der Waals surface area contributed by atoms with E-state index >= 15 is 0 Å². The van der Waals surface area contributed by atoms with Crippen LogP contribution in [0.15, 0.2) is 18.2 Å². The van der Waals surface area contributed by atoms with Crippen molar-refractivity contribution in [2.45, 2.75) is 47.3 Å². The number of hydrogen-bond acceptors (Lipinski definition) is 4. The summed E-state index contributed by atoms with van der Waals surface area (Å²) in [6.07, 6.45) is -4.69. The van der Waals surface area contributed by atoms with E-state index in [0.717, 1.165) is 4.68 Å². The molecule has 1 aliphatic heterocycles. The van der Waals surface area contributed by atoms with Crippen molar-refractivity contribution in [3.63, 3.8) is 0 Å². The van der Waals surface area contributed by atoms with Crippen LogP contribution in [0.1, 0.15) is 39.1 Å². The van der Waals surface area contributed by atoms with E-state index in [-0.39, 0.29) is 18.1 Å². The van der Waals surface area contributed by atoms with E-state index < -0.39 is 22.7 Å². The lowest BCUT2D eigenvalue weighted by molar-refractivity contribution is -0.142. The third kappa shape index (κ3) is 6.99. The van der Waals surface area contributed by atoms with E-state index in [1.54, 1.807) is 0 Å². The first kappa shape index (κ1) is 28.5. The van der Waals surface area contributed by atoms with E-state index in [1.807, 2.05) is 32.6 Å². The molecule has 33 heavy (non-hydrogen) atoms. The fraction of sp³-hybridized carbons (Fsp3) is 0.545. The van der Waals surface area contributed by atoms with E-state index in [9.17, 15) is 22.4 Å². The second kappa shape index (κ2) is 12.7. The summed E-state index contributed by atoms with van der Waals surface area (Å²) in [5.41, 5.74) is -0.535. The molecule has 0 radical (unpaired) electrons. The van der Waals surface area contributed by atoms with E-state index in [1.165, 1.54) is 37.1 Å². The van der Waals surface area contributed by atoms with Crippen molar-refractivity contribution in [2.75, 3.05) is 38.2 Å². The minimum Gasteiger partial charge on any atom is -0.495 e. The Bertz CT molecular complexity index is 911. The topological polar surface area (TPSA) is 50.6 Å². The Balaban J connectivity index is 0.00000129. The van der Waals surface area contributed by atoms with Crippen molar-refractivity contribution in [1.82, 2.24) is 14.7 Å². The molecule has 186 valence electrons. The molecule has 0 atom stereocenters. The van der Waals surface area contributed by atoms with Crippen molar-refractivity contribution in [2.24, 2.45) is 0 Å². The van der Waals surface area contributed by atoms with Gasteiger partial charge in [0.2, 0.25) is 5.91 Å². The molecule has 1 fully saturated rings. The molecule has 1 amide bonds. The molecule has 11 heteroatoms. The van der Waals surface area contributed by atoms with Crippen molar-refractivity contribution in [3.05, 3.63) is 40.4 Å². The van der Waals surface area contributed by atoms with Crippen LogP contribution in [0, 0.1) is 12.7 Å². The average molecular weight is 495 g/mol. The standard InChI is InChI=1S/C18H19ClF4N4O2.2C2H6/c1-11-16(19)17(18(21,22)23)24-27(11)10-15(28)26-7-5-25(6-8-26)13-9-12(20)3-4-14(13)29-2;2*1-2/h3-4,9H,5-8,10H2,1-2H3;2*1-2H3. The van der Waals surface area contributed by atoms with Crippen LogP contribution in [0.25, 0.3) is 0 Å². The molecule has 1 aromatic carbocycles. The maximum atomic E-state index is 13.6.